The third kappa shape index (κ3) is 1.94. The van der Waals surface area contributed by atoms with E-state index in [9.17, 15) is 10.0 Å². The summed E-state index contributed by atoms with van der Waals surface area (Å²) in [5.41, 5.74) is 2.61. The summed E-state index contributed by atoms with van der Waals surface area (Å²) in [4.78, 5) is 11.8. The van der Waals surface area contributed by atoms with Crippen molar-refractivity contribution in [1.29, 1.82) is 0 Å². The summed E-state index contributed by atoms with van der Waals surface area (Å²) in [5.74, 6) is -0.258. The van der Waals surface area contributed by atoms with E-state index in [1.165, 1.54) is 5.01 Å². The Labute approximate surface area is 99.7 Å². The van der Waals surface area contributed by atoms with Crippen molar-refractivity contribution in [2.75, 3.05) is 7.05 Å². The molecule has 0 aliphatic carbocycles. The van der Waals surface area contributed by atoms with Crippen LogP contribution in [-0.2, 0) is 11.2 Å². The molecule has 2 N–H and O–H groups in total. The minimum absolute atomic E-state index is 0.258. The highest BCUT2D eigenvalue weighted by atomic mass is 16.5. The van der Waals surface area contributed by atoms with Crippen molar-refractivity contribution in [1.82, 2.24) is 10.5 Å². The first-order valence-electron chi connectivity index (χ1n) is 5.39. The second-order valence-electron chi connectivity index (χ2n) is 4.27. The number of hydrogen-bond donors (Lipinski definition) is 2. The molecule has 0 radical (unpaired) electrons. The fourth-order valence-corrected chi connectivity index (χ4v) is 1.89. The van der Waals surface area contributed by atoms with Crippen LogP contribution in [0.1, 0.15) is 12.5 Å². The summed E-state index contributed by atoms with van der Waals surface area (Å²) in [6.45, 7) is 1.63. The summed E-state index contributed by atoms with van der Waals surface area (Å²) in [6, 6.07) is 9.72. The molecule has 0 saturated heterocycles. The van der Waals surface area contributed by atoms with E-state index in [0.29, 0.717) is 12.1 Å². The lowest BCUT2D eigenvalue weighted by Gasteiger charge is -2.21. The van der Waals surface area contributed by atoms with Crippen molar-refractivity contribution in [3.63, 3.8) is 0 Å². The maximum atomic E-state index is 11.8. The zero-order chi connectivity index (χ0) is 12.5. The Balaban J connectivity index is 2.27. The molecule has 0 saturated carbocycles. The van der Waals surface area contributed by atoms with Gasteiger partial charge < -0.3 is 5.21 Å². The van der Waals surface area contributed by atoms with Gasteiger partial charge >= 0.3 is 0 Å². The first-order valence-corrected chi connectivity index (χ1v) is 5.39. The van der Waals surface area contributed by atoms with E-state index in [1.54, 1.807) is 14.0 Å². The van der Waals surface area contributed by atoms with E-state index < -0.39 is 5.54 Å². The van der Waals surface area contributed by atoms with Crippen molar-refractivity contribution in [2.24, 2.45) is 5.10 Å². The van der Waals surface area contributed by atoms with Gasteiger partial charge in [0.25, 0.3) is 5.91 Å². The van der Waals surface area contributed by atoms with Crippen LogP contribution in [0.5, 0.6) is 0 Å². The average Bonchev–Trinajstić information content (AvgIpc) is 2.56. The van der Waals surface area contributed by atoms with Crippen LogP contribution < -0.4 is 5.48 Å². The Morgan fingerprint density at radius 1 is 1.41 bits per heavy atom. The summed E-state index contributed by atoms with van der Waals surface area (Å²) in [7, 11) is 1.58. The molecule has 0 spiro atoms. The summed E-state index contributed by atoms with van der Waals surface area (Å²) < 4.78 is 0. The smallest absolute Gasteiger partial charge is 0.270 e. The highest BCUT2D eigenvalue weighted by Gasteiger charge is 2.45. The zero-order valence-corrected chi connectivity index (χ0v) is 9.84. The number of hydrogen-bond acceptors (Lipinski definition) is 4. The zero-order valence-electron chi connectivity index (χ0n) is 9.84. The monoisotopic (exact) mass is 233 g/mol. The first-order chi connectivity index (χ1) is 8.08. The van der Waals surface area contributed by atoms with E-state index >= 15 is 0 Å². The van der Waals surface area contributed by atoms with Crippen molar-refractivity contribution in [3.05, 3.63) is 35.9 Å². The number of rotatable bonds is 3. The molecule has 1 unspecified atom stereocenters. The standard InChI is InChI=1S/C12H15N3O2/c1-12(14-17)10(13-15(2)11(12)16)8-9-6-4-3-5-7-9/h3-7,14,17H,8H2,1-2H3. The normalized spacial score (nSPS) is 24.1. The average molecular weight is 233 g/mol. The Bertz CT molecular complexity index is 458. The third-order valence-corrected chi connectivity index (χ3v) is 3.01. The van der Waals surface area contributed by atoms with Crippen molar-refractivity contribution >= 4 is 11.6 Å². The van der Waals surface area contributed by atoms with Crippen LogP contribution in [0.25, 0.3) is 0 Å². The van der Waals surface area contributed by atoms with Crippen LogP contribution in [-0.4, -0.2) is 34.4 Å². The Morgan fingerprint density at radius 2 is 2.06 bits per heavy atom. The molecule has 1 aliphatic rings. The summed E-state index contributed by atoms with van der Waals surface area (Å²) in [5, 5.41) is 14.6. The largest absolute Gasteiger partial charge is 0.315 e. The van der Waals surface area contributed by atoms with Gasteiger partial charge in [-0.25, -0.2) is 5.01 Å². The molecule has 1 aromatic rings. The van der Waals surface area contributed by atoms with E-state index in [1.807, 2.05) is 30.3 Å². The van der Waals surface area contributed by atoms with Crippen molar-refractivity contribution in [2.45, 2.75) is 18.9 Å². The van der Waals surface area contributed by atoms with Gasteiger partial charge in [0.1, 0.15) is 0 Å². The molecule has 1 aromatic carbocycles. The number of hydroxylamine groups is 1. The second kappa shape index (κ2) is 4.27. The van der Waals surface area contributed by atoms with Gasteiger partial charge in [0.05, 0.1) is 5.71 Å². The molecular weight excluding hydrogens is 218 g/mol. The Kier molecular flexibility index (Phi) is 2.95. The van der Waals surface area contributed by atoms with Crippen LogP contribution in [0.4, 0.5) is 0 Å². The van der Waals surface area contributed by atoms with Gasteiger partial charge in [-0.3, -0.25) is 4.79 Å². The number of amides is 1. The Hall–Kier alpha value is -1.72. The van der Waals surface area contributed by atoms with E-state index in [4.69, 9.17) is 0 Å². The van der Waals surface area contributed by atoms with Crippen molar-refractivity contribution < 1.29 is 10.0 Å². The molecule has 90 valence electrons. The molecule has 17 heavy (non-hydrogen) atoms. The lowest BCUT2D eigenvalue weighted by Crippen LogP contribution is -2.54. The third-order valence-electron chi connectivity index (χ3n) is 3.01. The number of nitrogens with one attached hydrogen (secondary N) is 1. The topological polar surface area (TPSA) is 64.9 Å². The molecule has 1 atom stereocenters. The minimum Gasteiger partial charge on any atom is -0.315 e. The van der Waals surface area contributed by atoms with Crippen LogP contribution in [0.2, 0.25) is 0 Å². The number of nitrogens with zero attached hydrogens (tertiary/aromatic N) is 2. The van der Waals surface area contributed by atoms with Gasteiger partial charge in [-0.1, -0.05) is 30.3 Å². The van der Waals surface area contributed by atoms with Crippen LogP contribution in [0, 0.1) is 0 Å². The van der Waals surface area contributed by atoms with Gasteiger partial charge in [0, 0.05) is 13.5 Å². The van der Waals surface area contributed by atoms with Crippen molar-refractivity contribution in [3.8, 4) is 0 Å². The Morgan fingerprint density at radius 3 is 2.65 bits per heavy atom. The molecule has 1 heterocycles. The highest BCUT2D eigenvalue weighted by molar-refractivity contribution is 6.16. The molecule has 0 bridgehead atoms. The van der Waals surface area contributed by atoms with E-state index in [0.717, 1.165) is 5.56 Å². The fraction of sp³-hybridized carbons (Fsp3) is 0.333. The SMILES string of the molecule is CN1N=C(Cc2ccccc2)C(C)(NO)C1=O. The maximum Gasteiger partial charge on any atom is 0.270 e. The molecule has 5 heteroatoms. The second-order valence-corrected chi connectivity index (χ2v) is 4.27. The number of hydrazone groups is 1. The van der Waals surface area contributed by atoms with Gasteiger partial charge in [0.15, 0.2) is 5.54 Å². The maximum absolute atomic E-state index is 11.8. The van der Waals surface area contributed by atoms with Gasteiger partial charge in [-0.05, 0) is 12.5 Å². The number of benzene rings is 1. The van der Waals surface area contributed by atoms with Crippen LogP contribution in [0.3, 0.4) is 0 Å². The predicted molar refractivity (Wildman–Crippen MR) is 63.7 cm³/mol. The lowest BCUT2D eigenvalue weighted by atomic mass is 9.92. The number of carbonyl (C=O) groups excluding carboxylic acids is 1. The first kappa shape index (κ1) is 11.8. The number of carbonyl (C=O) groups is 1. The molecule has 1 aliphatic heterocycles. The summed E-state index contributed by atoms with van der Waals surface area (Å²) >= 11 is 0. The lowest BCUT2D eigenvalue weighted by molar-refractivity contribution is -0.135. The number of likely N-dealkylation sites (N-methyl/N-ethyl adjacent to an activating group) is 1. The van der Waals surface area contributed by atoms with Crippen LogP contribution in [0.15, 0.2) is 35.4 Å². The van der Waals surface area contributed by atoms with Gasteiger partial charge in [0.2, 0.25) is 0 Å². The minimum atomic E-state index is -1.12. The van der Waals surface area contributed by atoms with Gasteiger partial charge in [-0.2, -0.15) is 10.6 Å². The quantitative estimate of drug-likeness (QED) is 0.759. The predicted octanol–water partition coefficient (Wildman–Crippen LogP) is 0.795. The highest BCUT2D eigenvalue weighted by Crippen LogP contribution is 2.21. The molecule has 2 rings (SSSR count). The molecule has 0 aromatic heterocycles. The molecule has 5 nitrogen and oxygen atoms in total. The van der Waals surface area contributed by atoms with E-state index in [2.05, 4.69) is 10.6 Å². The fourth-order valence-electron chi connectivity index (χ4n) is 1.89. The van der Waals surface area contributed by atoms with Gasteiger partial charge in [-0.15, -0.1) is 0 Å². The van der Waals surface area contributed by atoms with Crippen LogP contribution >= 0.6 is 0 Å². The molecule has 0 fully saturated rings. The summed E-state index contributed by atoms with van der Waals surface area (Å²) in [6.07, 6.45) is 0.529. The molecule has 1 amide bonds. The molecular formula is C12H15N3O2. The van der Waals surface area contributed by atoms with E-state index in [-0.39, 0.29) is 5.91 Å².